The van der Waals surface area contributed by atoms with E-state index in [1.807, 2.05) is 30.3 Å². The van der Waals surface area contributed by atoms with E-state index in [2.05, 4.69) is 15.7 Å². The minimum atomic E-state index is -0.803. The number of anilines is 2. The van der Waals surface area contributed by atoms with E-state index < -0.39 is 6.04 Å². The lowest BCUT2D eigenvalue weighted by atomic mass is 10.0. The summed E-state index contributed by atoms with van der Waals surface area (Å²) >= 11 is 6.15. The van der Waals surface area contributed by atoms with Gasteiger partial charge in [0.25, 0.3) is 0 Å². The Bertz CT molecular complexity index is 1070. The van der Waals surface area contributed by atoms with Gasteiger partial charge in [-0.25, -0.2) is 4.68 Å². The van der Waals surface area contributed by atoms with Crippen molar-refractivity contribution in [1.29, 1.82) is 0 Å². The fourth-order valence-electron chi connectivity index (χ4n) is 3.40. The van der Waals surface area contributed by atoms with Crippen molar-refractivity contribution in [3.05, 3.63) is 65.3 Å². The molecule has 1 aliphatic heterocycles. The van der Waals surface area contributed by atoms with Gasteiger partial charge in [0.15, 0.2) is 0 Å². The third kappa shape index (κ3) is 3.74. The Morgan fingerprint density at radius 1 is 1.24 bits per heavy atom. The lowest BCUT2D eigenvalue weighted by molar-refractivity contribution is -0.125. The first-order valence-electron chi connectivity index (χ1n) is 9.09. The van der Waals surface area contributed by atoms with E-state index in [1.165, 1.54) is 0 Å². The quantitative estimate of drug-likeness (QED) is 0.668. The number of hydrogen-bond acceptors (Lipinski definition) is 4. The molecule has 7 nitrogen and oxygen atoms in total. The topological polar surface area (TPSA) is 85.2 Å². The van der Waals surface area contributed by atoms with Crippen molar-refractivity contribution in [2.24, 2.45) is 0 Å². The van der Waals surface area contributed by atoms with Gasteiger partial charge in [0.2, 0.25) is 11.8 Å². The molecule has 0 bridgehead atoms. The van der Waals surface area contributed by atoms with Crippen LogP contribution < -0.4 is 10.6 Å². The number of para-hydroxylation sites is 1. The molecule has 2 heterocycles. The van der Waals surface area contributed by atoms with Gasteiger partial charge in [-0.1, -0.05) is 54.1 Å². The zero-order chi connectivity index (χ0) is 20.4. The van der Waals surface area contributed by atoms with Crippen molar-refractivity contribution in [3.8, 4) is 11.1 Å². The van der Waals surface area contributed by atoms with Crippen molar-refractivity contribution < 1.29 is 14.3 Å². The molecule has 1 atom stereocenters. The first-order chi connectivity index (χ1) is 14.1. The Labute approximate surface area is 172 Å². The average molecular weight is 411 g/mol. The van der Waals surface area contributed by atoms with Crippen LogP contribution in [0.3, 0.4) is 0 Å². The zero-order valence-corrected chi connectivity index (χ0v) is 16.4. The van der Waals surface area contributed by atoms with Gasteiger partial charge < -0.3 is 15.4 Å². The SMILES string of the molecule is COCc1nn2c(c1-c1ccccc1)NC(=O)C[C@H]2C(=O)Nc1ccccc1Cl. The van der Waals surface area contributed by atoms with Crippen LogP contribution >= 0.6 is 11.6 Å². The predicted octanol–water partition coefficient (Wildman–Crippen LogP) is 3.87. The van der Waals surface area contributed by atoms with Crippen molar-refractivity contribution in [2.75, 3.05) is 17.7 Å². The molecule has 1 aromatic heterocycles. The Balaban J connectivity index is 1.76. The van der Waals surface area contributed by atoms with Crippen LogP contribution in [0.1, 0.15) is 18.2 Å². The maximum atomic E-state index is 13.0. The fraction of sp³-hybridized carbons (Fsp3) is 0.190. The number of amides is 2. The number of methoxy groups -OCH3 is 1. The number of fused-ring (bicyclic) bond motifs is 1. The normalized spacial score (nSPS) is 15.5. The Morgan fingerprint density at radius 3 is 2.69 bits per heavy atom. The number of carbonyl (C=O) groups excluding carboxylic acids is 2. The van der Waals surface area contributed by atoms with Gasteiger partial charge in [-0.2, -0.15) is 5.10 Å². The zero-order valence-electron chi connectivity index (χ0n) is 15.7. The van der Waals surface area contributed by atoms with Gasteiger partial charge in [-0.15, -0.1) is 0 Å². The summed E-state index contributed by atoms with van der Waals surface area (Å²) < 4.78 is 6.85. The molecule has 2 aromatic carbocycles. The smallest absolute Gasteiger partial charge is 0.249 e. The molecule has 0 fully saturated rings. The van der Waals surface area contributed by atoms with Gasteiger partial charge in [0, 0.05) is 12.7 Å². The Kier molecular flexibility index (Phi) is 5.33. The van der Waals surface area contributed by atoms with Crippen LogP contribution in [-0.2, 0) is 20.9 Å². The monoisotopic (exact) mass is 410 g/mol. The first-order valence-corrected chi connectivity index (χ1v) is 9.47. The molecule has 0 saturated heterocycles. The highest BCUT2D eigenvalue weighted by atomic mass is 35.5. The average Bonchev–Trinajstić information content (AvgIpc) is 3.07. The number of hydrogen-bond donors (Lipinski definition) is 2. The molecule has 0 saturated carbocycles. The maximum Gasteiger partial charge on any atom is 0.249 e. The van der Waals surface area contributed by atoms with Gasteiger partial charge in [0.05, 0.1) is 29.4 Å². The lowest BCUT2D eigenvalue weighted by Gasteiger charge is -2.24. The van der Waals surface area contributed by atoms with Gasteiger partial charge >= 0.3 is 0 Å². The van der Waals surface area contributed by atoms with E-state index in [4.69, 9.17) is 16.3 Å². The van der Waals surface area contributed by atoms with Crippen LogP contribution in [-0.4, -0.2) is 28.7 Å². The van der Waals surface area contributed by atoms with E-state index in [0.29, 0.717) is 22.2 Å². The number of aromatic nitrogens is 2. The lowest BCUT2D eigenvalue weighted by Crippen LogP contribution is -2.36. The number of rotatable bonds is 5. The molecule has 0 radical (unpaired) electrons. The van der Waals surface area contributed by atoms with Crippen molar-refractivity contribution >= 4 is 34.9 Å². The second-order valence-corrected chi connectivity index (χ2v) is 7.06. The predicted molar refractivity (Wildman–Crippen MR) is 111 cm³/mol. The van der Waals surface area contributed by atoms with Crippen molar-refractivity contribution in [1.82, 2.24) is 9.78 Å². The summed E-state index contributed by atoms with van der Waals surface area (Å²) in [5.74, 6) is -0.128. The molecule has 3 aromatic rings. The van der Waals surface area contributed by atoms with Crippen LogP contribution in [0.2, 0.25) is 5.02 Å². The van der Waals surface area contributed by atoms with Gasteiger partial charge in [-0.3, -0.25) is 9.59 Å². The van der Waals surface area contributed by atoms with Crippen molar-refractivity contribution in [2.45, 2.75) is 19.1 Å². The molecule has 0 unspecified atom stereocenters. The molecule has 148 valence electrons. The molecule has 4 rings (SSSR count). The molecular formula is C21H19ClN4O3. The van der Waals surface area contributed by atoms with Crippen molar-refractivity contribution in [3.63, 3.8) is 0 Å². The second-order valence-electron chi connectivity index (χ2n) is 6.65. The fourth-order valence-corrected chi connectivity index (χ4v) is 3.58. The Hall–Kier alpha value is -3.16. The number of benzene rings is 2. The minimum Gasteiger partial charge on any atom is -0.378 e. The third-order valence-electron chi connectivity index (χ3n) is 4.69. The highest BCUT2D eigenvalue weighted by Crippen LogP contribution is 2.37. The summed E-state index contributed by atoms with van der Waals surface area (Å²) in [6, 6.07) is 15.7. The molecule has 2 amide bonds. The molecular weight excluding hydrogens is 392 g/mol. The van der Waals surface area contributed by atoms with Crippen LogP contribution in [0.5, 0.6) is 0 Å². The molecule has 0 spiro atoms. The molecule has 2 N–H and O–H groups in total. The van der Waals surface area contributed by atoms with E-state index in [1.54, 1.807) is 36.1 Å². The summed E-state index contributed by atoms with van der Waals surface area (Å²) in [5, 5.41) is 10.7. The summed E-state index contributed by atoms with van der Waals surface area (Å²) in [4.78, 5) is 25.4. The summed E-state index contributed by atoms with van der Waals surface area (Å²) in [6.07, 6.45) is -0.0222. The summed E-state index contributed by atoms with van der Waals surface area (Å²) in [5.41, 5.74) is 2.76. The standard InChI is InChI=1S/C21H19ClN4O3/c1-29-12-16-19(13-7-3-2-4-8-13)20-24-18(27)11-17(26(20)25-16)21(28)23-15-10-6-5-9-14(15)22/h2-10,17H,11-12H2,1H3,(H,23,28)(H,24,27)/t17-/m0/s1. The molecule has 1 aliphatic rings. The largest absolute Gasteiger partial charge is 0.378 e. The van der Waals surface area contributed by atoms with Crippen LogP contribution in [0.4, 0.5) is 11.5 Å². The second kappa shape index (κ2) is 8.06. The molecule has 29 heavy (non-hydrogen) atoms. The summed E-state index contributed by atoms with van der Waals surface area (Å²) in [6.45, 7) is 0.249. The molecule has 8 heteroatoms. The number of carbonyl (C=O) groups is 2. The van der Waals surface area contributed by atoms with Gasteiger partial charge in [-0.05, 0) is 17.7 Å². The van der Waals surface area contributed by atoms with Crippen LogP contribution in [0, 0.1) is 0 Å². The highest BCUT2D eigenvalue weighted by molar-refractivity contribution is 6.33. The van der Waals surface area contributed by atoms with E-state index in [-0.39, 0.29) is 24.8 Å². The van der Waals surface area contributed by atoms with Crippen LogP contribution in [0.25, 0.3) is 11.1 Å². The number of nitrogens with one attached hydrogen (secondary N) is 2. The van der Waals surface area contributed by atoms with E-state index >= 15 is 0 Å². The maximum absolute atomic E-state index is 13.0. The summed E-state index contributed by atoms with van der Waals surface area (Å²) in [7, 11) is 1.58. The highest BCUT2D eigenvalue weighted by Gasteiger charge is 2.35. The third-order valence-corrected chi connectivity index (χ3v) is 5.02. The number of halogens is 1. The Morgan fingerprint density at radius 2 is 1.97 bits per heavy atom. The van der Waals surface area contributed by atoms with E-state index in [0.717, 1.165) is 11.1 Å². The first kappa shape index (κ1) is 19.2. The minimum absolute atomic E-state index is 0.0222. The van der Waals surface area contributed by atoms with E-state index in [9.17, 15) is 9.59 Å². The number of ether oxygens (including phenoxy) is 1. The number of nitrogens with zero attached hydrogens (tertiary/aromatic N) is 2. The molecule has 0 aliphatic carbocycles. The van der Waals surface area contributed by atoms with Gasteiger partial charge in [0.1, 0.15) is 11.9 Å². The van der Waals surface area contributed by atoms with Crippen LogP contribution in [0.15, 0.2) is 54.6 Å².